The van der Waals surface area contributed by atoms with Gasteiger partial charge in [-0.25, -0.2) is 13.8 Å². The van der Waals surface area contributed by atoms with Crippen molar-refractivity contribution in [3.8, 4) is 11.3 Å². The summed E-state index contributed by atoms with van der Waals surface area (Å²) in [6.07, 6.45) is 1.50. The van der Waals surface area contributed by atoms with Crippen LogP contribution in [0.25, 0.3) is 11.3 Å². The molecule has 0 radical (unpaired) electrons. The highest BCUT2D eigenvalue weighted by atomic mass is 19.1. The zero-order valence-electron chi connectivity index (χ0n) is 16.1. The van der Waals surface area contributed by atoms with Crippen LogP contribution in [0.3, 0.4) is 0 Å². The number of halogens is 2. The van der Waals surface area contributed by atoms with Crippen LogP contribution in [0.4, 0.5) is 26.0 Å². The maximum Gasteiger partial charge on any atom is 0.271 e. The number of primary amides is 1. The van der Waals surface area contributed by atoms with Crippen LogP contribution in [0.2, 0.25) is 0 Å². The number of nitrogens with zero attached hydrogens (tertiary/aromatic N) is 4. The zero-order chi connectivity index (χ0) is 22.0. The second-order valence-corrected chi connectivity index (χ2v) is 6.70. The summed E-state index contributed by atoms with van der Waals surface area (Å²) in [4.78, 5) is 29.6. The standard InChI is InChI=1S/C20H17F2N7O2/c21-12-2-1-3-13(22)18(12)14-8-15(19(20(23)31)28-27-14)26-16-5-4-11(9-25-16)29-7-6-24-10-17(29)30/h1-5,8-9,24H,6-7,10H2,(H2,23,31)(H,25,26,27). The van der Waals surface area contributed by atoms with Gasteiger partial charge in [-0.2, -0.15) is 0 Å². The molecule has 4 N–H and O–H groups in total. The fourth-order valence-corrected chi connectivity index (χ4v) is 3.17. The number of rotatable bonds is 5. The smallest absolute Gasteiger partial charge is 0.271 e. The normalized spacial score (nSPS) is 13.9. The molecule has 1 aliphatic heterocycles. The molecule has 0 aliphatic carbocycles. The van der Waals surface area contributed by atoms with Gasteiger partial charge in [0.15, 0.2) is 5.69 Å². The topological polar surface area (TPSA) is 126 Å². The van der Waals surface area contributed by atoms with Crippen molar-refractivity contribution >= 4 is 29.0 Å². The number of anilines is 3. The van der Waals surface area contributed by atoms with Crippen molar-refractivity contribution in [3.63, 3.8) is 0 Å². The minimum Gasteiger partial charge on any atom is -0.364 e. The molecule has 0 saturated carbocycles. The van der Waals surface area contributed by atoms with E-state index in [1.807, 2.05) is 0 Å². The first-order valence-electron chi connectivity index (χ1n) is 9.30. The summed E-state index contributed by atoms with van der Waals surface area (Å²) in [5, 5.41) is 13.3. The van der Waals surface area contributed by atoms with Gasteiger partial charge < -0.3 is 21.3 Å². The molecule has 3 aromatic rings. The van der Waals surface area contributed by atoms with Gasteiger partial charge in [-0.1, -0.05) is 6.07 Å². The van der Waals surface area contributed by atoms with E-state index in [2.05, 4.69) is 25.8 Å². The average Bonchev–Trinajstić information content (AvgIpc) is 2.75. The van der Waals surface area contributed by atoms with E-state index < -0.39 is 17.5 Å². The van der Waals surface area contributed by atoms with Gasteiger partial charge >= 0.3 is 0 Å². The molecular weight excluding hydrogens is 408 g/mol. The van der Waals surface area contributed by atoms with E-state index in [-0.39, 0.29) is 35.1 Å². The Labute approximate surface area is 175 Å². The van der Waals surface area contributed by atoms with Crippen LogP contribution in [-0.2, 0) is 4.79 Å². The van der Waals surface area contributed by atoms with Crippen molar-refractivity contribution in [2.24, 2.45) is 5.73 Å². The van der Waals surface area contributed by atoms with Crippen LogP contribution in [0, 0.1) is 11.6 Å². The number of amides is 2. The quantitative estimate of drug-likeness (QED) is 0.567. The number of hydrogen-bond acceptors (Lipinski definition) is 7. The molecule has 0 spiro atoms. The lowest BCUT2D eigenvalue weighted by atomic mass is 10.1. The summed E-state index contributed by atoms with van der Waals surface area (Å²) in [5.74, 6) is -2.29. The third kappa shape index (κ3) is 4.16. The number of aromatic nitrogens is 3. The fourth-order valence-electron chi connectivity index (χ4n) is 3.17. The molecule has 3 heterocycles. The maximum atomic E-state index is 14.1. The number of carbonyl (C=O) groups is 2. The van der Waals surface area contributed by atoms with Crippen molar-refractivity contribution in [3.05, 3.63) is 59.9 Å². The first-order chi connectivity index (χ1) is 14.9. The van der Waals surface area contributed by atoms with E-state index in [0.29, 0.717) is 24.6 Å². The molecule has 1 saturated heterocycles. The Hall–Kier alpha value is -3.99. The van der Waals surface area contributed by atoms with Gasteiger partial charge in [0.2, 0.25) is 5.91 Å². The zero-order valence-corrected chi connectivity index (χ0v) is 16.1. The molecule has 158 valence electrons. The van der Waals surface area contributed by atoms with Gasteiger partial charge in [-0.15, -0.1) is 10.2 Å². The Morgan fingerprint density at radius 2 is 1.94 bits per heavy atom. The summed E-state index contributed by atoms with van der Waals surface area (Å²) in [6.45, 7) is 1.44. The molecule has 0 unspecified atom stereocenters. The van der Waals surface area contributed by atoms with E-state index in [4.69, 9.17) is 5.73 Å². The molecule has 11 heteroatoms. The minimum atomic E-state index is -0.876. The molecular formula is C20H17F2N7O2. The van der Waals surface area contributed by atoms with Gasteiger partial charge in [0.25, 0.3) is 5.91 Å². The largest absolute Gasteiger partial charge is 0.364 e. The number of hydrogen-bond donors (Lipinski definition) is 3. The summed E-state index contributed by atoms with van der Waals surface area (Å²) in [5.41, 5.74) is 5.34. The van der Waals surface area contributed by atoms with Gasteiger partial charge in [0.1, 0.15) is 23.1 Å². The molecule has 2 aromatic heterocycles. The minimum absolute atomic E-state index is 0.0698. The molecule has 1 aliphatic rings. The molecule has 9 nitrogen and oxygen atoms in total. The summed E-state index contributed by atoms with van der Waals surface area (Å²) in [7, 11) is 0. The molecule has 0 atom stereocenters. The molecule has 0 bridgehead atoms. The molecule has 1 fully saturated rings. The second kappa shape index (κ2) is 8.40. The van der Waals surface area contributed by atoms with Crippen LogP contribution >= 0.6 is 0 Å². The second-order valence-electron chi connectivity index (χ2n) is 6.70. The Bertz CT molecular complexity index is 1130. The van der Waals surface area contributed by atoms with E-state index in [9.17, 15) is 18.4 Å². The Morgan fingerprint density at radius 1 is 1.16 bits per heavy atom. The summed E-state index contributed by atoms with van der Waals surface area (Å²) >= 11 is 0. The fraction of sp³-hybridized carbons (Fsp3) is 0.150. The van der Waals surface area contributed by atoms with Crippen molar-refractivity contribution in [2.45, 2.75) is 0 Å². The van der Waals surface area contributed by atoms with E-state index >= 15 is 0 Å². The third-order valence-electron chi connectivity index (χ3n) is 4.66. The highest BCUT2D eigenvalue weighted by Gasteiger charge is 2.21. The number of nitrogens with two attached hydrogens (primary N) is 1. The Morgan fingerprint density at radius 3 is 2.58 bits per heavy atom. The number of nitrogens with one attached hydrogen (secondary N) is 2. The van der Waals surface area contributed by atoms with Gasteiger partial charge in [0, 0.05) is 13.1 Å². The van der Waals surface area contributed by atoms with Crippen LogP contribution in [0.15, 0.2) is 42.6 Å². The number of pyridine rings is 1. The van der Waals surface area contributed by atoms with Crippen LogP contribution in [-0.4, -0.2) is 46.6 Å². The van der Waals surface area contributed by atoms with Crippen molar-refractivity contribution in [1.82, 2.24) is 20.5 Å². The Balaban J connectivity index is 1.65. The summed E-state index contributed by atoms with van der Waals surface area (Å²) in [6, 6.07) is 7.96. The predicted molar refractivity (Wildman–Crippen MR) is 109 cm³/mol. The van der Waals surface area contributed by atoms with Crippen LogP contribution in [0.1, 0.15) is 10.5 Å². The average molecular weight is 425 g/mol. The summed E-state index contributed by atoms with van der Waals surface area (Å²) < 4.78 is 28.3. The monoisotopic (exact) mass is 425 g/mol. The lowest BCUT2D eigenvalue weighted by Crippen LogP contribution is -2.48. The highest BCUT2D eigenvalue weighted by Crippen LogP contribution is 2.28. The molecule has 2 amide bonds. The van der Waals surface area contributed by atoms with Crippen molar-refractivity contribution < 1.29 is 18.4 Å². The number of piperazine rings is 1. The van der Waals surface area contributed by atoms with Gasteiger partial charge in [-0.05, 0) is 30.3 Å². The number of benzene rings is 1. The van der Waals surface area contributed by atoms with Gasteiger partial charge in [0.05, 0.1) is 29.7 Å². The van der Waals surface area contributed by atoms with Crippen LogP contribution < -0.4 is 21.3 Å². The molecule has 4 rings (SSSR count). The molecule has 31 heavy (non-hydrogen) atoms. The predicted octanol–water partition coefficient (Wildman–Crippen LogP) is 1.60. The van der Waals surface area contributed by atoms with E-state index in [1.165, 1.54) is 18.3 Å². The lowest BCUT2D eigenvalue weighted by Gasteiger charge is -2.27. The van der Waals surface area contributed by atoms with Crippen LogP contribution in [0.5, 0.6) is 0 Å². The third-order valence-corrected chi connectivity index (χ3v) is 4.66. The van der Waals surface area contributed by atoms with Crippen molar-refractivity contribution in [2.75, 3.05) is 29.9 Å². The maximum absolute atomic E-state index is 14.1. The Kier molecular flexibility index (Phi) is 5.50. The first kappa shape index (κ1) is 20.3. The highest BCUT2D eigenvalue weighted by molar-refractivity contribution is 5.98. The van der Waals surface area contributed by atoms with E-state index in [0.717, 1.165) is 12.1 Å². The van der Waals surface area contributed by atoms with Crippen molar-refractivity contribution in [1.29, 1.82) is 0 Å². The van der Waals surface area contributed by atoms with E-state index in [1.54, 1.807) is 17.0 Å². The van der Waals surface area contributed by atoms with Gasteiger partial charge in [-0.3, -0.25) is 9.59 Å². The molecule has 1 aromatic carbocycles. The number of carbonyl (C=O) groups excluding carboxylic acids is 2. The first-order valence-corrected chi connectivity index (χ1v) is 9.30. The lowest BCUT2D eigenvalue weighted by molar-refractivity contribution is -0.118. The SMILES string of the molecule is NC(=O)c1nnc(-c2c(F)cccc2F)cc1Nc1ccc(N2CCNCC2=O)cn1.